The van der Waals surface area contributed by atoms with Gasteiger partial charge in [-0.3, -0.25) is 28.8 Å². The summed E-state index contributed by atoms with van der Waals surface area (Å²) in [6.07, 6.45) is -12.7. The molecule has 0 aliphatic carbocycles. The first-order valence-electron chi connectivity index (χ1n) is 13.3. The normalized spacial score (nSPS) is 35.4. The average Bonchev–Trinajstić information content (AvgIpc) is 2.88. The van der Waals surface area contributed by atoms with Crippen LogP contribution in [0.1, 0.15) is 41.5 Å². The smallest absolute Gasteiger partial charge is 0.303 e. The first-order valence-corrected chi connectivity index (χ1v) is 13.3. The van der Waals surface area contributed by atoms with Crippen LogP contribution in [-0.2, 0) is 80.9 Å². The third-order valence-corrected chi connectivity index (χ3v) is 6.61. The van der Waals surface area contributed by atoms with E-state index in [1.807, 2.05) is 0 Å². The number of esters is 6. The molecule has 43 heavy (non-hydrogen) atoms. The number of rotatable bonds is 8. The Bertz CT molecular complexity index is 1080. The van der Waals surface area contributed by atoms with Gasteiger partial charge in [-0.25, -0.2) is 0 Å². The minimum Gasteiger partial charge on any atom is -0.463 e. The highest BCUT2D eigenvalue weighted by atomic mass is 16.8. The van der Waals surface area contributed by atoms with Gasteiger partial charge in [-0.1, -0.05) is 0 Å². The van der Waals surface area contributed by atoms with Crippen molar-refractivity contribution in [2.24, 2.45) is 0 Å². The highest BCUT2D eigenvalue weighted by molar-refractivity contribution is 5.69. The largest absolute Gasteiger partial charge is 0.463 e. The van der Waals surface area contributed by atoms with Crippen LogP contribution < -0.4 is 0 Å². The van der Waals surface area contributed by atoms with Crippen LogP contribution in [0.25, 0.3) is 0 Å². The Hall–Kier alpha value is -3.38. The maximum Gasteiger partial charge on any atom is 0.303 e. The molecule has 2 bridgehead atoms. The molecule has 0 aromatic rings. The van der Waals surface area contributed by atoms with Gasteiger partial charge < -0.3 is 52.1 Å². The average molecular weight is 621 g/mol. The van der Waals surface area contributed by atoms with E-state index < -0.39 is 117 Å². The van der Waals surface area contributed by atoms with Crippen molar-refractivity contribution in [3.63, 3.8) is 0 Å². The molecule has 0 N–H and O–H groups in total. The molecule has 17 heteroatoms. The summed E-state index contributed by atoms with van der Waals surface area (Å²) in [5.74, 6) is -4.84. The van der Waals surface area contributed by atoms with Gasteiger partial charge in [-0.2, -0.15) is 0 Å². The SMILES string of the molecule is CO[C@@H]1O[C@@H]2CO[C@H](COC(C)=O)[C@@]3(OC(C)=O)CO[C@@H](O[C@@H]2[C@H](OC(C)=O)[C@H]1OC(C)=O)[C@H](OC(C)=O)[C@H]3OC(C)=O. The molecule has 0 amide bonds. The molecule has 10 atom stereocenters. The van der Waals surface area contributed by atoms with Crippen molar-refractivity contribution in [3.05, 3.63) is 0 Å². The fourth-order valence-electron chi connectivity index (χ4n) is 5.18. The second-order valence-corrected chi connectivity index (χ2v) is 9.98. The number of ether oxygens (including phenoxy) is 11. The Morgan fingerprint density at radius 3 is 1.81 bits per heavy atom. The summed E-state index contributed by atoms with van der Waals surface area (Å²) in [5, 5.41) is 0. The van der Waals surface area contributed by atoms with Gasteiger partial charge in [0.1, 0.15) is 24.9 Å². The van der Waals surface area contributed by atoms with Crippen molar-refractivity contribution in [1.29, 1.82) is 0 Å². The second kappa shape index (κ2) is 14.4. The summed E-state index contributed by atoms with van der Waals surface area (Å²) in [4.78, 5) is 73.0. The monoisotopic (exact) mass is 620 g/mol. The second-order valence-electron chi connectivity index (χ2n) is 9.98. The summed E-state index contributed by atoms with van der Waals surface area (Å²) < 4.78 is 62.5. The predicted molar refractivity (Wildman–Crippen MR) is 133 cm³/mol. The van der Waals surface area contributed by atoms with Crippen molar-refractivity contribution >= 4 is 35.8 Å². The number of carbonyl (C=O) groups excluding carboxylic acids is 6. The van der Waals surface area contributed by atoms with Gasteiger partial charge in [0.2, 0.25) is 5.60 Å². The molecular formula is C26H36O17. The van der Waals surface area contributed by atoms with Crippen molar-refractivity contribution in [3.8, 4) is 0 Å². The molecule has 0 aromatic carbocycles. The van der Waals surface area contributed by atoms with Crippen LogP contribution >= 0.6 is 0 Å². The van der Waals surface area contributed by atoms with Gasteiger partial charge in [0, 0.05) is 48.7 Å². The Kier molecular flexibility index (Phi) is 11.4. The number of carbonyl (C=O) groups is 6. The van der Waals surface area contributed by atoms with Gasteiger partial charge in [-0.05, 0) is 0 Å². The number of hydrogen-bond donors (Lipinski definition) is 0. The minimum absolute atomic E-state index is 0.401. The van der Waals surface area contributed by atoms with E-state index in [1.54, 1.807) is 0 Å². The molecule has 242 valence electrons. The molecule has 0 saturated carbocycles. The standard InChI is InChI=1S/C26H36O17/c1-11(27)34-9-18-26(43-16(6)32)10-36-25(22(39-14(4)30)23(26)40-15(5)31)42-19-17(8-35-18)41-24(33-7)21(38-13(3)29)20(19)37-12(2)28/h17-25H,8-10H2,1-7H3/t17-,18-,19+,20+,21-,22-,23-,24-,25+,26+/m1/s1. The van der Waals surface area contributed by atoms with E-state index in [1.165, 1.54) is 7.11 Å². The van der Waals surface area contributed by atoms with Gasteiger partial charge in [-0.15, -0.1) is 0 Å². The number of methoxy groups -OCH3 is 1. The van der Waals surface area contributed by atoms with E-state index in [2.05, 4.69) is 0 Å². The predicted octanol–water partition coefficient (Wildman–Crippen LogP) is -0.910. The van der Waals surface area contributed by atoms with Crippen molar-refractivity contribution in [2.75, 3.05) is 26.9 Å². The minimum atomic E-state index is -2.04. The van der Waals surface area contributed by atoms with E-state index in [0.717, 1.165) is 41.5 Å². The molecule has 4 heterocycles. The topological polar surface area (TPSA) is 204 Å². The lowest BCUT2D eigenvalue weighted by Crippen LogP contribution is -2.73. The highest BCUT2D eigenvalue weighted by Gasteiger charge is 2.64. The van der Waals surface area contributed by atoms with E-state index >= 15 is 0 Å². The van der Waals surface area contributed by atoms with E-state index in [-0.39, 0.29) is 0 Å². The number of hydrogen-bond acceptors (Lipinski definition) is 17. The van der Waals surface area contributed by atoms with Crippen LogP contribution in [0, 0.1) is 0 Å². The summed E-state index contributed by atoms with van der Waals surface area (Å²) in [6.45, 7) is 5.07. The lowest BCUT2D eigenvalue weighted by molar-refractivity contribution is -0.377. The van der Waals surface area contributed by atoms with Crippen molar-refractivity contribution in [1.82, 2.24) is 0 Å². The molecule has 0 radical (unpaired) electrons. The van der Waals surface area contributed by atoms with Crippen molar-refractivity contribution in [2.45, 2.75) is 102 Å². The van der Waals surface area contributed by atoms with E-state index in [9.17, 15) is 28.8 Å². The van der Waals surface area contributed by atoms with Gasteiger partial charge in [0.05, 0.1) is 13.2 Å². The molecule has 4 fully saturated rings. The zero-order valence-electron chi connectivity index (χ0n) is 24.8. The quantitative estimate of drug-likeness (QED) is 0.238. The molecule has 4 rings (SSSR count). The molecular weight excluding hydrogens is 584 g/mol. The zero-order valence-corrected chi connectivity index (χ0v) is 24.8. The first-order chi connectivity index (χ1) is 20.2. The Morgan fingerprint density at radius 2 is 1.28 bits per heavy atom. The first kappa shape index (κ1) is 34.1. The summed E-state index contributed by atoms with van der Waals surface area (Å²) in [5.41, 5.74) is -2.04. The number of fused-ring (bicyclic) bond motifs is 4. The van der Waals surface area contributed by atoms with Crippen LogP contribution in [-0.4, -0.2) is 124 Å². The molecule has 4 saturated heterocycles. The summed E-state index contributed by atoms with van der Waals surface area (Å²) in [7, 11) is 1.26. The van der Waals surface area contributed by atoms with Crippen LogP contribution in [0.15, 0.2) is 0 Å². The Morgan fingerprint density at radius 1 is 0.698 bits per heavy atom. The molecule has 0 unspecified atom stereocenters. The third-order valence-electron chi connectivity index (χ3n) is 6.61. The van der Waals surface area contributed by atoms with Gasteiger partial charge in [0.15, 0.2) is 37.0 Å². The summed E-state index contributed by atoms with van der Waals surface area (Å²) in [6, 6.07) is 0. The summed E-state index contributed by atoms with van der Waals surface area (Å²) >= 11 is 0. The van der Waals surface area contributed by atoms with Gasteiger partial charge >= 0.3 is 35.8 Å². The fraction of sp³-hybridized carbons (Fsp3) is 0.769. The fourth-order valence-corrected chi connectivity index (χ4v) is 5.18. The molecule has 0 spiro atoms. The highest BCUT2D eigenvalue weighted by Crippen LogP contribution is 2.41. The van der Waals surface area contributed by atoms with Crippen LogP contribution in [0.2, 0.25) is 0 Å². The lowest BCUT2D eigenvalue weighted by atomic mass is 9.83. The van der Waals surface area contributed by atoms with Gasteiger partial charge in [0.25, 0.3) is 0 Å². The maximum absolute atomic E-state index is 12.4. The zero-order chi connectivity index (χ0) is 32.1. The van der Waals surface area contributed by atoms with Crippen LogP contribution in [0.4, 0.5) is 0 Å². The van der Waals surface area contributed by atoms with Crippen LogP contribution in [0.3, 0.4) is 0 Å². The van der Waals surface area contributed by atoms with Crippen molar-refractivity contribution < 1.29 is 80.9 Å². The van der Waals surface area contributed by atoms with E-state index in [0.29, 0.717) is 0 Å². The molecule has 4 aliphatic heterocycles. The lowest BCUT2D eigenvalue weighted by Gasteiger charge is -2.53. The Balaban J connectivity index is 2.21. The van der Waals surface area contributed by atoms with E-state index in [4.69, 9.17) is 52.1 Å². The molecule has 4 aliphatic rings. The molecule has 17 nitrogen and oxygen atoms in total. The van der Waals surface area contributed by atoms with Crippen LogP contribution in [0.5, 0.6) is 0 Å². The Labute approximate surface area is 246 Å². The molecule has 0 aromatic heterocycles. The third kappa shape index (κ3) is 8.17. The maximum atomic E-state index is 12.4.